The quantitative estimate of drug-likeness (QED) is 0.0845. The number of hydrogen-bond donors (Lipinski definition) is 2. The topological polar surface area (TPSA) is 178 Å². The Morgan fingerprint density at radius 1 is 1.04 bits per heavy atom. The molecular formula is C33H38N8O4. The molecule has 2 N–H and O–H groups in total. The van der Waals surface area contributed by atoms with Crippen LogP contribution in [0.1, 0.15) is 62.0 Å². The molecule has 1 heterocycles. The molecule has 0 unspecified atom stereocenters. The van der Waals surface area contributed by atoms with Crippen molar-refractivity contribution in [2.24, 2.45) is 20.6 Å². The van der Waals surface area contributed by atoms with E-state index in [1.807, 2.05) is 36.4 Å². The van der Waals surface area contributed by atoms with Crippen molar-refractivity contribution in [3.05, 3.63) is 116 Å². The second-order valence-electron chi connectivity index (χ2n) is 11.9. The summed E-state index contributed by atoms with van der Waals surface area (Å²) in [5.74, 6) is 0.536. The molecule has 0 saturated heterocycles. The third-order valence-electron chi connectivity index (χ3n) is 7.44. The number of ether oxygens (including phenoxy) is 2. The lowest BCUT2D eigenvalue weighted by Gasteiger charge is -2.32. The normalized spacial score (nSPS) is 17.3. The number of carbonyl (C=O) groups excluding carboxylic acids is 1. The van der Waals surface area contributed by atoms with Crippen molar-refractivity contribution in [1.82, 2.24) is 5.32 Å². The molecule has 0 bridgehead atoms. The summed E-state index contributed by atoms with van der Waals surface area (Å²) in [6.45, 7) is 7.19. The predicted octanol–water partition coefficient (Wildman–Crippen LogP) is 7.25. The molecule has 3 aromatic rings. The highest BCUT2D eigenvalue weighted by Crippen LogP contribution is 2.45. The van der Waals surface area contributed by atoms with Crippen LogP contribution in [0.15, 0.2) is 88.0 Å². The third-order valence-corrected chi connectivity index (χ3v) is 7.44. The summed E-state index contributed by atoms with van der Waals surface area (Å²) in [7, 11) is 0. The van der Waals surface area contributed by atoms with Crippen LogP contribution in [0, 0.1) is 5.41 Å². The molecule has 0 radical (unpaired) electrons. The summed E-state index contributed by atoms with van der Waals surface area (Å²) in [6, 6.07) is 21.6. The van der Waals surface area contributed by atoms with Crippen molar-refractivity contribution in [3.8, 4) is 5.75 Å². The summed E-state index contributed by atoms with van der Waals surface area (Å²) in [5.41, 5.74) is 19.8. The molecule has 0 saturated carbocycles. The van der Waals surface area contributed by atoms with E-state index in [2.05, 4.69) is 46.1 Å². The van der Waals surface area contributed by atoms with Crippen LogP contribution in [0.4, 0.5) is 5.69 Å². The van der Waals surface area contributed by atoms with Crippen LogP contribution in [0.25, 0.3) is 20.9 Å². The molecule has 1 aliphatic heterocycles. The van der Waals surface area contributed by atoms with E-state index in [-0.39, 0.29) is 36.8 Å². The van der Waals surface area contributed by atoms with Gasteiger partial charge in [0.2, 0.25) is 5.90 Å². The van der Waals surface area contributed by atoms with Gasteiger partial charge in [-0.1, -0.05) is 79.5 Å². The molecule has 0 aliphatic carbocycles. The van der Waals surface area contributed by atoms with Gasteiger partial charge >= 0.3 is 0 Å². The fourth-order valence-electron chi connectivity index (χ4n) is 5.10. The number of nitrogens with one attached hydrogen (secondary N) is 1. The van der Waals surface area contributed by atoms with Crippen molar-refractivity contribution >= 4 is 17.5 Å². The minimum Gasteiger partial charge on any atom is -0.494 e. The smallest absolute Gasteiger partial charge is 0.252 e. The Kier molecular flexibility index (Phi) is 11.0. The van der Waals surface area contributed by atoms with Gasteiger partial charge in [0.15, 0.2) is 11.6 Å². The first-order chi connectivity index (χ1) is 21.7. The lowest BCUT2D eigenvalue weighted by atomic mass is 9.80. The molecule has 0 aromatic heterocycles. The second-order valence-corrected chi connectivity index (χ2v) is 11.9. The standard InChI is InChI=1S/C33H38N8O4/c1-32(2,3)17-18-36-31(43)33(21-24-9-5-7-12-28(24)39-41-35)29(27-11-6-4-10-25(27)22-37-40-34)45-30(38-33)23-13-15-26(16-14-23)44-20-8-19-42/h4-7,9-16,29,42H,8,17-22H2,1-3H3,(H,36,43)/t29-,33-/m1/s1. The van der Waals surface area contributed by atoms with Gasteiger partial charge in [-0.05, 0) is 63.9 Å². The summed E-state index contributed by atoms with van der Waals surface area (Å²) in [6.07, 6.45) is 0.401. The first kappa shape index (κ1) is 32.9. The van der Waals surface area contributed by atoms with E-state index >= 15 is 0 Å². The molecule has 1 amide bonds. The molecule has 1 aliphatic rings. The van der Waals surface area contributed by atoms with Crippen molar-refractivity contribution in [2.45, 2.75) is 58.2 Å². The summed E-state index contributed by atoms with van der Waals surface area (Å²) in [5, 5.41) is 19.8. The Labute approximate surface area is 262 Å². The zero-order valence-electron chi connectivity index (χ0n) is 25.8. The Morgan fingerprint density at radius 3 is 2.44 bits per heavy atom. The fraction of sp³-hybridized carbons (Fsp3) is 0.394. The molecular weight excluding hydrogens is 572 g/mol. The first-order valence-corrected chi connectivity index (χ1v) is 14.8. The molecule has 12 heteroatoms. The summed E-state index contributed by atoms with van der Waals surface area (Å²) in [4.78, 5) is 25.5. The lowest BCUT2D eigenvalue weighted by molar-refractivity contribution is -0.129. The number of aliphatic hydroxyl groups is 1. The van der Waals surface area contributed by atoms with Crippen molar-refractivity contribution < 1.29 is 19.4 Å². The maximum absolute atomic E-state index is 14.5. The SMILES string of the molecule is CC(C)(C)CCNC(=O)[C@]1(Cc2ccccc2N=[N+]=[N-])N=C(c2ccc(OCCCO)cc2)O[C@@H]1c1ccccc1CN=[N+]=[N-]. The lowest BCUT2D eigenvalue weighted by Crippen LogP contribution is -2.50. The van der Waals surface area contributed by atoms with Crippen LogP contribution in [-0.4, -0.2) is 42.2 Å². The maximum Gasteiger partial charge on any atom is 0.252 e. The van der Waals surface area contributed by atoms with Crippen molar-refractivity contribution in [2.75, 3.05) is 19.8 Å². The van der Waals surface area contributed by atoms with E-state index in [0.717, 1.165) is 6.42 Å². The second kappa shape index (κ2) is 15.1. The van der Waals surface area contributed by atoms with Gasteiger partial charge < -0.3 is 19.9 Å². The fourth-order valence-corrected chi connectivity index (χ4v) is 5.10. The first-order valence-electron chi connectivity index (χ1n) is 14.8. The van der Waals surface area contributed by atoms with E-state index in [4.69, 9.17) is 25.1 Å². The number of nitrogens with zero attached hydrogens (tertiary/aromatic N) is 7. The number of carbonyl (C=O) groups is 1. The van der Waals surface area contributed by atoms with Crippen molar-refractivity contribution in [1.29, 1.82) is 0 Å². The predicted molar refractivity (Wildman–Crippen MR) is 172 cm³/mol. The number of azide groups is 2. The monoisotopic (exact) mass is 610 g/mol. The van der Waals surface area contributed by atoms with Crippen LogP contribution in [-0.2, 0) is 22.5 Å². The van der Waals surface area contributed by atoms with Gasteiger partial charge in [0.05, 0.1) is 13.2 Å². The Balaban J connectivity index is 1.87. The van der Waals surface area contributed by atoms with Gasteiger partial charge in [0.25, 0.3) is 5.91 Å². The molecule has 2 atom stereocenters. The Morgan fingerprint density at radius 2 is 1.76 bits per heavy atom. The summed E-state index contributed by atoms with van der Waals surface area (Å²) < 4.78 is 12.3. The van der Waals surface area contributed by atoms with Gasteiger partial charge in [-0.15, -0.1) is 0 Å². The number of aliphatic imine (C=N–C) groups is 1. The molecule has 45 heavy (non-hydrogen) atoms. The van der Waals surface area contributed by atoms with Crippen LogP contribution in [0.5, 0.6) is 5.75 Å². The zero-order chi connectivity index (χ0) is 32.3. The van der Waals surface area contributed by atoms with E-state index < -0.39 is 11.6 Å². The van der Waals surface area contributed by atoms with Gasteiger partial charge in [-0.2, -0.15) is 0 Å². The minimum atomic E-state index is -1.52. The van der Waals surface area contributed by atoms with Gasteiger partial charge in [-0.25, -0.2) is 4.99 Å². The van der Waals surface area contributed by atoms with E-state index in [9.17, 15) is 10.3 Å². The van der Waals surface area contributed by atoms with Gasteiger partial charge in [-0.3, -0.25) is 4.79 Å². The Hall–Kier alpha value is -5.02. The average Bonchev–Trinajstić information content (AvgIpc) is 3.41. The van der Waals surface area contributed by atoms with Crippen LogP contribution >= 0.6 is 0 Å². The average molecular weight is 611 g/mol. The number of benzene rings is 3. The minimum absolute atomic E-state index is 0.0164. The van der Waals surface area contributed by atoms with Gasteiger partial charge in [0.1, 0.15) is 5.75 Å². The third kappa shape index (κ3) is 8.33. The van der Waals surface area contributed by atoms with Crippen molar-refractivity contribution in [3.63, 3.8) is 0 Å². The van der Waals surface area contributed by atoms with E-state index in [0.29, 0.717) is 53.3 Å². The molecule has 234 valence electrons. The number of amides is 1. The molecule has 3 aromatic carbocycles. The van der Waals surface area contributed by atoms with Crippen LogP contribution < -0.4 is 10.1 Å². The van der Waals surface area contributed by atoms with Crippen LogP contribution in [0.2, 0.25) is 0 Å². The van der Waals surface area contributed by atoms with Crippen LogP contribution in [0.3, 0.4) is 0 Å². The van der Waals surface area contributed by atoms with E-state index in [1.54, 1.807) is 36.4 Å². The highest BCUT2D eigenvalue weighted by molar-refractivity contribution is 6.01. The molecule has 4 rings (SSSR count). The highest BCUT2D eigenvalue weighted by Gasteiger charge is 2.54. The number of hydrogen-bond acceptors (Lipinski definition) is 7. The molecule has 0 spiro atoms. The van der Waals surface area contributed by atoms with E-state index in [1.165, 1.54) is 0 Å². The highest BCUT2D eigenvalue weighted by atomic mass is 16.5. The number of rotatable bonds is 14. The largest absolute Gasteiger partial charge is 0.494 e. The maximum atomic E-state index is 14.5. The molecule has 0 fully saturated rings. The van der Waals surface area contributed by atoms with Gasteiger partial charge in [0, 0.05) is 47.1 Å². The Bertz CT molecular complexity index is 1610. The number of aliphatic hydroxyl groups excluding tert-OH is 1. The zero-order valence-corrected chi connectivity index (χ0v) is 25.8. The molecule has 12 nitrogen and oxygen atoms in total. The summed E-state index contributed by atoms with van der Waals surface area (Å²) >= 11 is 0.